The molecule has 1 unspecified atom stereocenters. The Morgan fingerprint density at radius 3 is 2.37 bits per heavy atom. The van der Waals surface area contributed by atoms with Gasteiger partial charge in [-0.15, -0.1) is 0 Å². The van der Waals surface area contributed by atoms with Crippen LogP contribution in [0.25, 0.3) is 0 Å². The summed E-state index contributed by atoms with van der Waals surface area (Å²) in [5.74, 6) is 1.27. The van der Waals surface area contributed by atoms with Gasteiger partial charge in [-0.2, -0.15) is 5.10 Å². The Morgan fingerprint density at radius 2 is 1.89 bits per heavy atom. The fourth-order valence-corrected chi connectivity index (χ4v) is 2.45. The highest BCUT2D eigenvalue weighted by molar-refractivity contribution is 5.51. The molecule has 1 aromatic heterocycles. The van der Waals surface area contributed by atoms with Crippen LogP contribution in [0, 0.1) is 6.92 Å². The van der Waals surface area contributed by atoms with Crippen LogP contribution in [0.15, 0.2) is 0 Å². The van der Waals surface area contributed by atoms with Crippen LogP contribution in [0.2, 0.25) is 0 Å². The molecule has 0 bridgehead atoms. The monoisotopic (exact) mass is 266 g/mol. The molecule has 0 saturated carbocycles. The number of nitrogens with zero attached hydrogens (tertiary/aromatic N) is 3. The molecule has 0 fully saturated rings. The van der Waals surface area contributed by atoms with Gasteiger partial charge in [0.2, 0.25) is 0 Å². The van der Waals surface area contributed by atoms with E-state index in [2.05, 4.69) is 56.9 Å². The second-order valence-electron chi connectivity index (χ2n) is 5.59. The minimum absolute atomic E-state index is 0.492. The molecule has 0 aromatic carbocycles. The van der Waals surface area contributed by atoms with Crippen LogP contribution in [-0.4, -0.2) is 28.4 Å². The van der Waals surface area contributed by atoms with Crippen molar-refractivity contribution < 1.29 is 0 Å². The van der Waals surface area contributed by atoms with Crippen LogP contribution in [0.5, 0.6) is 0 Å². The molecule has 19 heavy (non-hydrogen) atoms. The van der Waals surface area contributed by atoms with E-state index in [1.807, 2.05) is 11.7 Å². The fourth-order valence-electron chi connectivity index (χ4n) is 2.45. The van der Waals surface area contributed by atoms with Crippen LogP contribution in [-0.2, 0) is 13.6 Å². The summed E-state index contributed by atoms with van der Waals surface area (Å²) in [6.45, 7) is 15.1. The maximum absolute atomic E-state index is 4.61. The molecule has 0 amide bonds. The first kappa shape index (κ1) is 16.0. The number of anilines is 1. The molecule has 4 heteroatoms. The summed E-state index contributed by atoms with van der Waals surface area (Å²) in [5, 5.41) is 8.12. The largest absolute Gasteiger partial charge is 0.354 e. The van der Waals surface area contributed by atoms with E-state index in [1.54, 1.807) is 0 Å². The van der Waals surface area contributed by atoms with Gasteiger partial charge in [0, 0.05) is 37.8 Å². The molecule has 0 radical (unpaired) electrons. The Kier molecular flexibility index (Phi) is 5.85. The predicted molar refractivity (Wildman–Crippen MR) is 82.7 cm³/mol. The van der Waals surface area contributed by atoms with Gasteiger partial charge >= 0.3 is 0 Å². The SMILES string of the molecule is CCC(C)N(CC)c1c(CNC(C)C)c(C)nn1C. The number of aryl methyl sites for hydroxylation is 2. The molecule has 0 aliphatic heterocycles. The molecule has 0 spiro atoms. The van der Waals surface area contributed by atoms with Crippen LogP contribution in [0.3, 0.4) is 0 Å². The average molecular weight is 266 g/mol. The number of nitrogens with one attached hydrogen (secondary N) is 1. The lowest BCUT2D eigenvalue weighted by atomic mass is 10.1. The third-order valence-corrected chi connectivity index (χ3v) is 3.74. The van der Waals surface area contributed by atoms with E-state index in [-0.39, 0.29) is 0 Å². The van der Waals surface area contributed by atoms with Crippen molar-refractivity contribution in [1.82, 2.24) is 15.1 Å². The molecule has 1 N–H and O–H groups in total. The van der Waals surface area contributed by atoms with Crippen molar-refractivity contribution in [2.75, 3.05) is 11.4 Å². The second-order valence-corrected chi connectivity index (χ2v) is 5.59. The first-order valence-electron chi connectivity index (χ1n) is 7.44. The Morgan fingerprint density at radius 1 is 1.26 bits per heavy atom. The quantitative estimate of drug-likeness (QED) is 0.824. The van der Waals surface area contributed by atoms with Gasteiger partial charge in [0.1, 0.15) is 5.82 Å². The molecule has 1 aromatic rings. The van der Waals surface area contributed by atoms with Crippen molar-refractivity contribution in [2.45, 2.75) is 66.6 Å². The molecule has 4 nitrogen and oxygen atoms in total. The molecule has 1 rings (SSSR count). The first-order valence-corrected chi connectivity index (χ1v) is 7.44. The Hall–Kier alpha value is -1.03. The standard InChI is InChI=1S/C15H30N4/c1-8-12(5)19(9-2)15-14(10-16-11(3)4)13(6)17-18(15)7/h11-12,16H,8-10H2,1-7H3. The minimum atomic E-state index is 0.492. The summed E-state index contributed by atoms with van der Waals surface area (Å²) >= 11 is 0. The lowest BCUT2D eigenvalue weighted by Crippen LogP contribution is -2.35. The minimum Gasteiger partial charge on any atom is -0.354 e. The average Bonchev–Trinajstić information content (AvgIpc) is 2.62. The number of hydrogen-bond donors (Lipinski definition) is 1. The lowest BCUT2D eigenvalue weighted by molar-refractivity contribution is 0.574. The van der Waals surface area contributed by atoms with Crippen molar-refractivity contribution in [3.8, 4) is 0 Å². The first-order chi connectivity index (χ1) is 8.92. The zero-order valence-electron chi connectivity index (χ0n) is 13.6. The predicted octanol–water partition coefficient (Wildman–Crippen LogP) is 2.85. The van der Waals surface area contributed by atoms with E-state index >= 15 is 0 Å². The maximum Gasteiger partial charge on any atom is 0.131 e. The van der Waals surface area contributed by atoms with Crippen molar-refractivity contribution in [1.29, 1.82) is 0 Å². The van der Waals surface area contributed by atoms with Gasteiger partial charge in [-0.25, -0.2) is 0 Å². The highest BCUT2D eigenvalue weighted by Gasteiger charge is 2.21. The molecular formula is C15H30N4. The smallest absolute Gasteiger partial charge is 0.131 e. The van der Waals surface area contributed by atoms with E-state index in [1.165, 1.54) is 11.4 Å². The molecule has 110 valence electrons. The third-order valence-electron chi connectivity index (χ3n) is 3.74. The Labute approximate surface area is 118 Å². The normalized spacial score (nSPS) is 13.1. The van der Waals surface area contributed by atoms with Crippen LogP contribution in [0.1, 0.15) is 52.3 Å². The Bertz CT molecular complexity index is 395. The van der Waals surface area contributed by atoms with E-state index in [9.17, 15) is 0 Å². The Balaban J connectivity index is 3.09. The van der Waals surface area contributed by atoms with Crippen LogP contribution >= 0.6 is 0 Å². The van der Waals surface area contributed by atoms with Gasteiger partial charge in [0.05, 0.1) is 5.69 Å². The zero-order chi connectivity index (χ0) is 14.6. The summed E-state index contributed by atoms with van der Waals surface area (Å²) in [6.07, 6.45) is 1.15. The fraction of sp³-hybridized carbons (Fsp3) is 0.800. The molecular weight excluding hydrogens is 236 g/mol. The zero-order valence-corrected chi connectivity index (χ0v) is 13.6. The summed E-state index contributed by atoms with van der Waals surface area (Å²) < 4.78 is 2.03. The maximum atomic E-state index is 4.61. The van der Waals surface area contributed by atoms with Crippen molar-refractivity contribution >= 4 is 5.82 Å². The second kappa shape index (κ2) is 6.94. The summed E-state index contributed by atoms with van der Waals surface area (Å²) in [7, 11) is 2.05. The third kappa shape index (κ3) is 3.72. The molecule has 1 atom stereocenters. The van der Waals surface area contributed by atoms with Gasteiger partial charge in [0.25, 0.3) is 0 Å². The molecule has 0 saturated heterocycles. The number of aromatic nitrogens is 2. The van der Waals surface area contributed by atoms with Crippen LogP contribution < -0.4 is 10.2 Å². The van der Waals surface area contributed by atoms with E-state index in [4.69, 9.17) is 0 Å². The van der Waals surface area contributed by atoms with E-state index < -0.39 is 0 Å². The van der Waals surface area contributed by atoms with Crippen molar-refractivity contribution in [2.24, 2.45) is 7.05 Å². The lowest BCUT2D eigenvalue weighted by Gasteiger charge is -2.30. The van der Waals surface area contributed by atoms with Gasteiger partial charge < -0.3 is 10.2 Å². The summed E-state index contributed by atoms with van der Waals surface area (Å²) in [5.41, 5.74) is 2.46. The van der Waals surface area contributed by atoms with Gasteiger partial charge in [-0.1, -0.05) is 20.8 Å². The number of hydrogen-bond acceptors (Lipinski definition) is 3. The highest BCUT2D eigenvalue weighted by atomic mass is 15.4. The van der Waals surface area contributed by atoms with Gasteiger partial charge in [-0.3, -0.25) is 4.68 Å². The summed E-state index contributed by atoms with van der Waals surface area (Å²) in [4.78, 5) is 2.46. The molecule has 0 aliphatic rings. The molecule has 1 heterocycles. The van der Waals surface area contributed by atoms with Crippen LogP contribution in [0.4, 0.5) is 5.82 Å². The van der Waals surface area contributed by atoms with Crippen molar-refractivity contribution in [3.05, 3.63) is 11.3 Å². The molecule has 0 aliphatic carbocycles. The van der Waals surface area contributed by atoms with E-state index in [0.29, 0.717) is 12.1 Å². The highest BCUT2D eigenvalue weighted by Crippen LogP contribution is 2.25. The summed E-state index contributed by atoms with van der Waals surface area (Å²) in [6, 6.07) is 1.03. The van der Waals surface area contributed by atoms with Gasteiger partial charge in [0.15, 0.2) is 0 Å². The van der Waals surface area contributed by atoms with E-state index in [0.717, 1.165) is 25.2 Å². The topological polar surface area (TPSA) is 33.1 Å². The van der Waals surface area contributed by atoms with Crippen molar-refractivity contribution in [3.63, 3.8) is 0 Å². The number of rotatable bonds is 7. The van der Waals surface area contributed by atoms with Gasteiger partial charge in [-0.05, 0) is 27.2 Å².